The summed E-state index contributed by atoms with van der Waals surface area (Å²) in [5.74, 6) is 0.0436. The zero-order valence-corrected chi connectivity index (χ0v) is 18.4. The summed E-state index contributed by atoms with van der Waals surface area (Å²) in [6.45, 7) is 4.26. The van der Waals surface area contributed by atoms with Crippen molar-refractivity contribution in [2.24, 2.45) is 0 Å². The molecule has 2 aromatic carbocycles. The molecule has 0 amide bonds. The topological polar surface area (TPSA) is 86.5 Å². The molecule has 0 bridgehead atoms. The van der Waals surface area contributed by atoms with E-state index in [9.17, 15) is 9.90 Å². The summed E-state index contributed by atoms with van der Waals surface area (Å²) in [5, 5.41) is 20.0. The molecule has 6 nitrogen and oxygen atoms in total. The Kier molecular flexibility index (Phi) is 5.61. The van der Waals surface area contributed by atoms with Gasteiger partial charge in [-0.3, -0.25) is 10.2 Å². The number of esters is 1. The van der Waals surface area contributed by atoms with Crippen LogP contribution in [0.4, 0.5) is 5.69 Å². The second-order valence-corrected chi connectivity index (χ2v) is 8.67. The van der Waals surface area contributed by atoms with Crippen LogP contribution in [0.15, 0.2) is 54.3 Å². The molecule has 2 heterocycles. The average Bonchev–Trinajstić information content (AvgIpc) is 3.27. The Labute approximate surface area is 185 Å². The van der Waals surface area contributed by atoms with Crippen LogP contribution in [-0.4, -0.2) is 35.5 Å². The third-order valence-corrected chi connectivity index (χ3v) is 6.25. The number of ether oxygens (including phenoxy) is 1. The van der Waals surface area contributed by atoms with Gasteiger partial charge in [0.1, 0.15) is 16.6 Å². The number of benzene rings is 2. The van der Waals surface area contributed by atoms with Gasteiger partial charge in [-0.25, -0.2) is 4.98 Å². The molecular formula is C24H23N3O3S. The highest BCUT2D eigenvalue weighted by Crippen LogP contribution is 2.36. The van der Waals surface area contributed by atoms with Crippen molar-refractivity contribution in [3.63, 3.8) is 0 Å². The van der Waals surface area contributed by atoms with Gasteiger partial charge >= 0.3 is 5.97 Å². The minimum absolute atomic E-state index is 0.132. The SMILES string of the molecule is COC(=O)Cc1ccc(N2CC(O)=C(c3nc(-c4ccc(C)cc4)c(C)s3)C2=N)cc1. The number of hydrogen-bond donors (Lipinski definition) is 2. The molecule has 0 aliphatic carbocycles. The van der Waals surface area contributed by atoms with Crippen molar-refractivity contribution in [3.05, 3.63) is 75.3 Å². The van der Waals surface area contributed by atoms with Crippen molar-refractivity contribution in [2.45, 2.75) is 20.3 Å². The van der Waals surface area contributed by atoms with E-state index in [0.717, 1.165) is 27.4 Å². The molecular weight excluding hydrogens is 410 g/mol. The van der Waals surface area contributed by atoms with E-state index in [-0.39, 0.29) is 30.5 Å². The first kappa shape index (κ1) is 20.8. The molecule has 0 atom stereocenters. The van der Waals surface area contributed by atoms with E-state index in [1.165, 1.54) is 24.0 Å². The van der Waals surface area contributed by atoms with E-state index < -0.39 is 0 Å². The molecule has 0 saturated heterocycles. The number of aromatic nitrogens is 1. The number of anilines is 1. The number of nitrogens with one attached hydrogen (secondary N) is 1. The smallest absolute Gasteiger partial charge is 0.309 e. The number of carbonyl (C=O) groups excluding carboxylic acids is 1. The molecule has 0 radical (unpaired) electrons. The standard InChI is InChI=1S/C24H23N3O3S/c1-14-4-8-17(9-5-14)22-15(2)31-24(26-22)21-19(28)13-27(23(21)25)18-10-6-16(7-11-18)12-20(29)30-3/h4-11,25,28H,12-13H2,1-3H3. The highest BCUT2D eigenvalue weighted by atomic mass is 32.1. The van der Waals surface area contributed by atoms with Crippen molar-refractivity contribution < 1.29 is 14.6 Å². The fourth-order valence-electron chi connectivity index (χ4n) is 3.54. The Morgan fingerprint density at radius 2 is 1.84 bits per heavy atom. The van der Waals surface area contributed by atoms with Crippen LogP contribution >= 0.6 is 11.3 Å². The summed E-state index contributed by atoms with van der Waals surface area (Å²) < 4.78 is 4.70. The lowest BCUT2D eigenvalue weighted by Gasteiger charge is -2.18. The quantitative estimate of drug-likeness (QED) is 0.559. The second-order valence-electron chi connectivity index (χ2n) is 7.47. The van der Waals surface area contributed by atoms with Gasteiger partial charge in [0.05, 0.1) is 31.3 Å². The van der Waals surface area contributed by atoms with Gasteiger partial charge in [0.25, 0.3) is 0 Å². The lowest BCUT2D eigenvalue weighted by Crippen LogP contribution is -2.26. The van der Waals surface area contributed by atoms with E-state index in [1.807, 2.05) is 62.4 Å². The predicted octanol–water partition coefficient (Wildman–Crippen LogP) is 4.91. The molecule has 2 N–H and O–H groups in total. The number of carbonyl (C=O) groups is 1. The first-order chi connectivity index (χ1) is 14.9. The summed E-state index contributed by atoms with van der Waals surface area (Å²) in [6, 6.07) is 15.5. The normalized spacial score (nSPS) is 13.8. The third-order valence-electron chi connectivity index (χ3n) is 5.26. The van der Waals surface area contributed by atoms with Crippen LogP contribution in [0.1, 0.15) is 21.0 Å². The van der Waals surface area contributed by atoms with Gasteiger partial charge in [-0.05, 0) is 31.5 Å². The van der Waals surface area contributed by atoms with Gasteiger partial charge < -0.3 is 14.7 Å². The maximum absolute atomic E-state index is 11.5. The van der Waals surface area contributed by atoms with Gasteiger partial charge in [-0.1, -0.05) is 42.0 Å². The van der Waals surface area contributed by atoms with Crippen molar-refractivity contribution in [1.29, 1.82) is 5.41 Å². The van der Waals surface area contributed by atoms with Crippen LogP contribution < -0.4 is 4.90 Å². The zero-order chi connectivity index (χ0) is 22.1. The number of thiazole rings is 1. The van der Waals surface area contributed by atoms with Gasteiger partial charge in [0.15, 0.2) is 0 Å². The van der Waals surface area contributed by atoms with Gasteiger partial charge in [-0.2, -0.15) is 0 Å². The summed E-state index contributed by atoms with van der Waals surface area (Å²) in [5.41, 5.74) is 5.14. The summed E-state index contributed by atoms with van der Waals surface area (Å²) in [6.07, 6.45) is 0.198. The summed E-state index contributed by atoms with van der Waals surface area (Å²) in [7, 11) is 1.36. The molecule has 0 spiro atoms. The number of aliphatic hydroxyl groups is 1. The van der Waals surface area contributed by atoms with Gasteiger partial charge in [-0.15, -0.1) is 11.3 Å². The Morgan fingerprint density at radius 1 is 1.16 bits per heavy atom. The molecule has 0 fully saturated rings. The largest absolute Gasteiger partial charge is 0.510 e. The molecule has 1 aliphatic rings. The fraction of sp³-hybridized carbons (Fsp3) is 0.208. The molecule has 4 rings (SSSR count). The Morgan fingerprint density at radius 3 is 2.48 bits per heavy atom. The lowest BCUT2D eigenvalue weighted by molar-refractivity contribution is -0.139. The number of nitrogens with zero attached hydrogens (tertiary/aromatic N) is 2. The molecule has 158 valence electrons. The predicted molar refractivity (Wildman–Crippen MR) is 124 cm³/mol. The van der Waals surface area contributed by atoms with Crippen LogP contribution in [0.2, 0.25) is 0 Å². The fourth-order valence-corrected chi connectivity index (χ4v) is 4.54. The van der Waals surface area contributed by atoms with Crippen LogP contribution in [-0.2, 0) is 16.0 Å². The van der Waals surface area contributed by atoms with Gasteiger partial charge in [0, 0.05) is 16.1 Å². The molecule has 0 saturated carbocycles. The van der Waals surface area contributed by atoms with E-state index in [1.54, 1.807) is 4.90 Å². The van der Waals surface area contributed by atoms with Crippen molar-refractivity contribution >= 4 is 34.4 Å². The highest BCUT2D eigenvalue weighted by molar-refractivity contribution is 7.13. The molecule has 7 heteroatoms. The van der Waals surface area contributed by atoms with Crippen LogP contribution in [0.3, 0.4) is 0 Å². The molecule has 0 unspecified atom stereocenters. The minimum atomic E-state index is -0.299. The summed E-state index contributed by atoms with van der Waals surface area (Å²) >= 11 is 1.48. The Hall–Kier alpha value is -3.45. The average molecular weight is 434 g/mol. The molecule has 1 aliphatic heterocycles. The number of methoxy groups -OCH3 is 1. The third kappa shape index (κ3) is 4.09. The monoisotopic (exact) mass is 433 g/mol. The molecule has 3 aromatic rings. The first-order valence-corrected chi connectivity index (χ1v) is 10.7. The summed E-state index contributed by atoms with van der Waals surface area (Å²) in [4.78, 5) is 19.0. The van der Waals surface area contributed by atoms with E-state index in [4.69, 9.17) is 15.1 Å². The lowest BCUT2D eigenvalue weighted by atomic mass is 10.1. The van der Waals surface area contributed by atoms with Crippen LogP contribution in [0.25, 0.3) is 16.8 Å². The molecule has 31 heavy (non-hydrogen) atoms. The van der Waals surface area contributed by atoms with Crippen LogP contribution in [0, 0.1) is 19.3 Å². The maximum Gasteiger partial charge on any atom is 0.309 e. The second kappa shape index (κ2) is 8.35. The van der Waals surface area contributed by atoms with Crippen molar-refractivity contribution in [1.82, 2.24) is 4.98 Å². The van der Waals surface area contributed by atoms with Gasteiger partial charge in [0.2, 0.25) is 0 Å². The molecule has 1 aromatic heterocycles. The number of aliphatic hydroxyl groups excluding tert-OH is 1. The van der Waals surface area contributed by atoms with Crippen molar-refractivity contribution in [2.75, 3.05) is 18.6 Å². The van der Waals surface area contributed by atoms with Crippen molar-refractivity contribution in [3.8, 4) is 11.3 Å². The van der Waals surface area contributed by atoms with E-state index in [0.29, 0.717) is 10.6 Å². The number of aryl methyl sites for hydroxylation is 2. The van der Waals surface area contributed by atoms with E-state index in [2.05, 4.69) is 0 Å². The highest BCUT2D eigenvalue weighted by Gasteiger charge is 2.31. The van der Waals surface area contributed by atoms with E-state index >= 15 is 0 Å². The maximum atomic E-state index is 11.5. The number of rotatable bonds is 5. The first-order valence-electron chi connectivity index (χ1n) is 9.86. The number of amidine groups is 1. The Bertz CT molecular complexity index is 1180. The number of hydrogen-bond acceptors (Lipinski definition) is 6. The zero-order valence-electron chi connectivity index (χ0n) is 17.6. The van der Waals surface area contributed by atoms with Crippen LogP contribution in [0.5, 0.6) is 0 Å². The Balaban J connectivity index is 1.58. The minimum Gasteiger partial charge on any atom is -0.510 e.